The molecule has 0 heterocycles. The number of aliphatic hydroxyl groups is 1. The predicted octanol–water partition coefficient (Wildman–Crippen LogP) is 3.19. The van der Waals surface area contributed by atoms with E-state index in [-0.39, 0.29) is 12.0 Å². The Hall–Kier alpha value is -0.820. The monoisotopic (exact) mass is 206 g/mol. The molecule has 0 bridgehead atoms. The summed E-state index contributed by atoms with van der Waals surface area (Å²) in [6, 6.07) is 8.42. The van der Waals surface area contributed by atoms with Gasteiger partial charge in [-0.3, -0.25) is 0 Å². The van der Waals surface area contributed by atoms with Crippen LogP contribution in [0.2, 0.25) is 0 Å². The molecule has 1 heteroatoms. The van der Waals surface area contributed by atoms with E-state index in [2.05, 4.69) is 52.0 Å². The van der Waals surface area contributed by atoms with Gasteiger partial charge < -0.3 is 5.11 Å². The van der Waals surface area contributed by atoms with Gasteiger partial charge in [0.2, 0.25) is 0 Å². The molecule has 1 nitrogen and oxygen atoms in total. The van der Waals surface area contributed by atoms with Crippen LogP contribution in [0.4, 0.5) is 0 Å². The molecule has 0 saturated heterocycles. The van der Waals surface area contributed by atoms with Crippen molar-refractivity contribution in [2.45, 2.75) is 34.1 Å². The minimum Gasteiger partial charge on any atom is -0.396 e. The van der Waals surface area contributed by atoms with E-state index in [1.165, 1.54) is 11.1 Å². The van der Waals surface area contributed by atoms with E-state index < -0.39 is 0 Å². The third-order valence-electron chi connectivity index (χ3n) is 3.17. The van der Waals surface area contributed by atoms with Crippen molar-refractivity contribution in [1.29, 1.82) is 0 Å². The number of rotatable bonds is 3. The van der Waals surface area contributed by atoms with Gasteiger partial charge in [0.05, 0.1) is 0 Å². The highest BCUT2D eigenvalue weighted by molar-refractivity contribution is 5.26. The highest BCUT2D eigenvalue weighted by Crippen LogP contribution is 2.29. The fraction of sp³-hybridized carbons (Fsp3) is 0.571. The van der Waals surface area contributed by atoms with Gasteiger partial charge in [0.25, 0.3) is 0 Å². The van der Waals surface area contributed by atoms with Gasteiger partial charge in [-0.15, -0.1) is 0 Å². The Labute approximate surface area is 93.1 Å². The quantitative estimate of drug-likeness (QED) is 0.805. The van der Waals surface area contributed by atoms with Crippen molar-refractivity contribution in [3.63, 3.8) is 0 Å². The summed E-state index contributed by atoms with van der Waals surface area (Å²) in [5.74, 6) is 0.332. The summed E-state index contributed by atoms with van der Waals surface area (Å²) in [6.45, 7) is 8.95. The number of aliphatic hydroxyl groups excluding tert-OH is 1. The van der Waals surface area contributed by atoms with Crippen molar-refractivity contribution in [2.75, 3.05) is 6.61 Å². The lowest BCUT2D eigenvalue weighted by Gasteiger charge is -2.29. The second-order valence-corrected chi connectivity index (χ2v) is 5.38. The zero-order valence-corrected chi connectivity index (χ0v) is 10.2. The van der Waals surface area contributed by atoms with E-state index >= 15 is 0 Å². The van der Waals surface area contributed by atoms with Crippen LogP contribution in [-0.4, -0.2) is 11.7 Å². The van der Waals surface area contributed by atoms with Crippen LogP contribution in [0.1, 0.15) is 31.9 Å². The third-order valence-corrected chi connectivity index (χ3v) is 3.17. The van der Waals surface area contributed by atoms with E-state index in [1.54, 1.807) is 0 Å². The Bertz CT molecular complexity index is 309. The van der Waals surface area contributed by atoms with Gasteiger partial charge in [-0.2, -0.15) is 0 Å². The Morgan fingerprint density at radius 2 is 1.80 bits per heavy atom. The fourth-order valence-corrected chi connectivity index (χ4v) is 1.75. The molecule has 0 spiro atoms. The molecule has 0 radical (unpaired) electrons. The summed E-state index contributed by atoms with van der Waals surface area (Å²) in [5.41, 5.74) is 2.84. The highest BCUT2D eigenvalue weighted by atomic mass is 16.3. The lowest BCUT2D eigenvalue weighted by atomic mass is 9.77. The van der Waals surface area contributed by atoms with Crippen molar-refractivity contribution < 1.29 is 5.11 Å². The molecule has 1 aromatic rings. The van der Waals surface area contributed by atoms with Crippen LogP contribution in [0, 0.1) is 18.3 Å². The normalized spacial score (nSPS) is 13.9. The first-order valence-electron chi connectivity index (χ1n) is 5.60. The molecule has 1 aromatic carbocycles. The highest BCUT2D eigenvalue weighted by Gasteiger charge is 2.24. The molecule has 1 N–H and O–H groups in total. The Balaban J connectivity index is 2.80. The van der Waals surface area contributed by atoms with Crippen molar-refractivity contribution in [3.8, 4) is 0 Å². The SMILES string of the molecule is Cc1ccccc1CC(CO)C(C)(C)C. The van der Waals surface area contributed by atoms with E-state index in [1.807, 2.05) is 0 Å². The fourth-order valence-electron chi connectivity index (χ4n) is 1.75. The second kappa shape index (κ2) is 4.80. The van der Waals surface area contributed by atoms with E-state index in [9.17, 15) is 5.11 Å². The number of aryl methyl sites for hydroxylation is 1. The molecule has 0 aromatic heterocycles. The van der Waals surface area contributed by atoms with Crippen molar-refractivity contribution in [3.05, 3.63) is 35.4 Å². The zero-order chi connectivity index (χ0) is 11.5. The number of hydrogen-bond donors (Lipinski definition) is 1. The summed E-state index contributed by atoms with van der Waals surface area (Å²) < 4.78 is 0. The lowest BCUT2D eigenvalue weighted by Crippen LogP contribution is -2.26. The van der Waals surface area contributed by atoms with Gasteiger partial charge in [0, 0.05) is 6.61 Å². The summed E-state index contributed by atoms with van der Waals surface area (Å²) >= 11 is 0. The van der Waals surface area contributed by atoms with Gasteiger partial charge >= 0.3 is 0 Å². The smallest absolute Gasteiger partial charge is 0.0467 e. The first kappa shape index (κ1) is 12.3. The molecule has 0 aliphatic heterocycles. The Morgan fingerprint density at radius 3 is 2.27 bits per heavy atom. The molecule has 0 aliphatic rings. The van der Waals surface area contributed by atoms with Crippen LogP contribution in [0.15, 0.2) is 24.3 Å². The van der Waals surface area contributed by atoms with E-state index in [4.69, 9.17) is 0 Å². The average molecular weight is 206 g/mol. The third kappa shape index (κ3) is 3.35. The second-order valence-electron chi connectivity index (χ2n) is 5.38. The summed E-state index contributed by atoms with van der Waals surface area (Å²) in [7, 11) is 0. The van der Waals surface area contributed by atoms with Crippen LogP contribution < -0.4 is 0 Å². The summed E-state index contributed by atoms with van der Waals surface area (Å²) in [5, 5.41) is 9.41. The largest absolute Gasteiger partial charge is 0.396 e. The molecule has 15 heavy (non-hydrogen) atoms. The van der Waals surface area contributed by atoms with Gasteiger partial charge in [-0.1, -0.05) is 45.0 Å². The maximum absolute atomic E-state index is 9.41. The molecular weight excluding hydrogens is 184 g/mol. The Kier molecular flexibility index (Phi) is 3.92. The average Bonchev–Trinajstić information content (AvgIpc) is 2.14. The molecule has 0 fully saturated rings. The van der Waals surface area contributed by atoms with Crippen molar-refractivity contribution in [1.82, 2.24) is 0 Å². The molecule has 1 rings (SSSR count). The van der Waals surface area contributed by atoms with Gasteiger partial charge in [-0.05, 0) is 35.8 Å². The van der Waals surface area contributed by atoms with E-state index in [0.717, 1.165) is 6.42 Å². The topological polar surface area (TPSA) is 20.2 Å². The zero-order valence-electron chi connectivity index (χ0n) is 10.2. The van der Waals surface area contributed by atoms with Crippen LogP contribution in [0.25, 0.3) is 0 Å². The molecule has 0 amide bonds. The van der Waals surface area contributed by atoms with Crippen LogP contribution in [0.3, 0.4) is 0 Å². The molecule has 0 saturated carbocycles. The van der Waals surface area contributed by atoms with Crippen LogP contribution in [-0.2, 0) is 6.42 Å². The molecule has 1 atom stereocenters. The maximum Gasteiger partial charge on any atom is 0.0467 e. The Morgan fingerprint density at radius 1 is 1.20 bits per heavy atom. The first-order valence-corrected chi connectivity index (χ1v) is 5.60. The lowest BCUT2D eigenvalue weighted by molar-refractivity contribution is 0.131. The summed E-state index contributed by atoms with van der Waals surface area (Å²) in [6.07, 6.45) is 0.965. The molecule has 84 valence electrons. The first-order chi connectivity index (χ1) is 6.95. The molecular formula is C14H22O. The van der Waals surface area contributed by atoms with Crippen LogP contribution >= 0.6 is 0 Å². The minimum atomic E-state index is 0.164. The van der Waals surface area contributed by atoms with E-state index in [0.29, 0.717) is 5.92 Å². The molecule has 1 unspecified atom stereocenters. The van der Waals surface area contributed by atoms with Crippen molar-refractivity contribution >= 4 is 0 Å². The summed E-state index contributed by atoms with van der Waals surface area (Å²) in [4.78, 5) is 0. The number of benzene rings is 1. The standard InChI is InChI=1S/C14H22O/c1-11-7-5-6-8-12(11)9-13(10-15)14(2,3)4/h5-8,13,15H,9-10H2,1-4H3. The van der Waals surface area contributed by atoms with Gasteiger partial charge in [-0.25, -0.2) is 0 Å². The maximum atomic E-state index is 9.41. The minimum absolute atomic E-state index is 0.164. The predicted molar refractivity (Wildman–Crippen MR) is 64.9 cm³/mol. The number of hydrogen-bond acceptors (Lipinski definition) is 1. The van der Waals surface area contributed by atoms with Crippen molar-refractivity contribution in [2.24, 2.45) is 11.3 Å². The van der Waals surface area contributed by atoms with Gasteiger partial charge in [0.1, 0.15) is 0 Å². The van der Waals surface area contributed by atoms with Crippen LogP contribution in [0.5, 0.6) is 0 Å². The molecule has 0 aliphatic carbocycles. The van der Waals surface area contributed by atoms with Gasteiger partial charge in [0.15, 0.2) is 0 Å².